The number of piperidine rings is 2. The Morgan fingerprint density at radius 3 is 2.23 bits per heavy atom. The quantitative estimate of drug-likeness (QED) is 0.402. The zero-order valence-corrected chi connectivity index (χ0v) is 24.4. The van der Waals surface area contributed by atoms with Crippen molar-refractivity contribution < 1.29 is 9.53 Å². The molecule has 2 saturated carbocycles. The van der Waals surface area contributed by atoms with E-state index in [4.69, 9.17) is 9.72 Å². The highest BCUT2D eigenvalue weighted by molar-refractivity contribution is 5.83. The van der Waals surface area contributed by atoms with Crippen molar-refractivity contribution >= 4 is 23.0 Å². The largest absolute Gasteiger partial charge is 0.458 e. The van der Waals surface area contributed by atoms with Crippen molar-refractivity contribution in [3.05, 3.63) is 24.3 Å². The van der Waals surface area contributed by atoms with Crippen molar-refractivity contribution in [2.45, 2.75) is 140 Å². The Labute approximate surface area is 234 Å². The number of para-hydroxylation sites is 2. The van der Waals surface area contributed by atoms with Crippen LogP contribution in [0.5, 0.6) is 0 Å². The molecule has 4 heterocycles. The smallest absolute Gasteiger partial charge is 0.329 e. The maximum absolute atomic E-state index is 13.3. The van der Waals surface area contributed by atoms with Gasteiger partial charge in [-0.1, -0.05) is 37.8 Å². The Balaban J connectivity index is 1.19. The van der Waals surface area contributed by atoms with Gasteiger partial charge in [0.1, 0.15) is 11.6 Å². The summed E-state index contributed by atoms with van der Waals surface area (Å²) in [7, 11) is 0. The van der Waals surface area contributed by atoms with Gasteiger partial charge in [-0.3, -0.25) is 4.90 Å². The number of carbonyl (C=O) groups is 1. The fourth-order valence-electron chi connectivity index (χ4n) is 9.35. The minimum Gasteiger partial charge on any atom is -0.458 e. The maximum atomic E-state index is 13.3. The molecule has 7 rings (SSSR count). The van der Waals surface area contributed by atoms with Crippen LogP contribution in [0.4, 0.5) is 5.95 Å². The first-order valence-corrected chi connectivity index (χ1v) is 16.1. The summed E-state index contributed by atoms with van der Waals surface area (Å²) in [4.78, 5) is 23.8. The summed E-state index contributed by atoms with van der Waals surface area (Å²) >= 11 is 0. The second-order valence-electron chi connectivity index (χ2n) is 14.5. The average Bonchev–Trinajstić information content (AvgIpc) is 3.52. The number of hydrogen-bond acceptors (Lipinski definition) is 5. The van der Waals surface area contributed by atoms with E-state index in [1.807, 2.05) is 20.8 Å². The molecule has 39 heavy (non-hydrogen) atoms. The van der Waals surface area contributed by atoms with Crippen molar-refractivity contribution in [1.82, 2.24) is 14.5 Å². The van der Waals surface area contributed by atoms with Gasteiger partial charge in [0.25, 0.3) is 0 Å². The Kier molecular flexibility index (Phi) is 6.68. The van der Waals surface area contributed by atoms with E-state index in [0.717, 1.165) is 48.7 Å². The first kappa shape index (κ1) is 25.9. The van der Waals surface area contributed by atoms with Gasteiger partial charge in [-0.2, -0.15) is 0 Å². The summed E-state index contributed by atoms with van der Waals surface area (Å²) in [6.07, 6.45) is 17.1. The van der Waals surface area contributed by atoms with Crippen molar-refractivity contribution in [2.24, 2.45) is 11.8 Å². The van der Waals surface area contributed by atoms with Gasteiger partial charge in [0.15, 0.2) is 0 Å². The molecular weight excluding hydrogens is 484 g/mol. The number of benzene rings is 1. The molecule has 0 N–H and O–H groups in total. The van der Waals surface area contributed by atoms with Crippen LogP contribution in [0.2, 0.25) is 0 Å². The van der Waals surface area contributed by atoms with Crippen LogP contribution in [-0.2, 0) is 9.53 Å². The number of carbonyl (C=O) groups excluding carboxylic acids is 1. The zero-order valence-electron chi connectivity index (χ0n) is 24.4. The third-order valence-electron chi connectivity index (χ3n) is 10.7. The fraction of sp³-hybridized carbons (Fsp3) is 0.758. The molecule has 6 nitrogen and oxygen atoms in total. The monoisotopic (exact) mass is 532 g/mol. The van der Waals surface area contributed by atoms with Gasteiger partial charge in [-0.15, -0.1) is 0 Å². The van der Waals surface area contributed by atoms with Gasteiger partial charge >= 0.3 is 5.97 Å². The van der Waals surface area contributed by atoms with E-state index in [1.54, 1.807) is 0 Å². The Morgan fingerprint density at radius 1 is 0.821 bits per heavy atom. The van der Waals surface area contributed by atoms with Crippen LogP contribution < -0.4 is 4.90 Å². The number of ether oxygens (including phenoxy) is 1. The van der Waals surface area contributed by atoms with Crippen LogP contribution in [0.25, 0.3) is 11.0 Å². The van der Waals surface area contributed by atoms with Crippen LogP contribution in [0.3, 0.4) is 0 Å². The molecule has 2 aromatic rings. The van der Waals surface area contributed by atoms with Crippen molar-refractivity contribution in [3.8, 4) is 0 Å². The molecule has 4 bridgehead atoms. The van der Waals surface area contributed by atoms with Crippen LogP contribution in [0, 0.1) is 11.8 Å². The summed E-state index contributed by atoms with van der Waals surface area (Å²) < 4.78 is 8.43. The van der Waals surface area contributed by atoms with E-state index >= 15 is 0 Å². The third kappa shape index (κ3) is 4.89. The molecule has 3 aliphatic heterocycles. The van der Waals surface area contributed by atoms with Crippen LogP contribution in [0.15, 0.2) is 24.3 Å². The summed E-state index contributed by atoms with van der Waals surface area (Å²) in [5, 5.41) is 0. The second-order valence-corrected chi connectivity index (χ2v) is 14.5. The Hall–Kier alpha value is -2.08. The van der Waals surface area contributed by atoms with Gasteiger partial charge < -0.3 is 14.2 Å². The van der Waals surface area contributed by atoms with Gasteiger partial charge in [-0.05, 0) is 103 Å². The molecule has 1 aromatic carbocycles. The van der Waals surface area contributed by atoms with Crippen LogP contribution in [0.1, 0.15) is 110 Å². The molecule has 2 aliphatic carbocycles. The molecule has 0 amide bonds. The molecule has 7 atom stereocenters. The molecule has 5 aliphatic rings. The number of rotatable bonds is 4. The van der Waals surface area contributed by atoms with E-state index in [1.165, 1.54) is 76.1 Å². The number of imidazole rings is 1. The number of aromatic nitrogens is 2. The molecule has 1 aromatic heterocycles. The SMILES string of the molecule is CC(C)(C)OC(=O)[C@@H]1CCCN1c1nc2ccccc2n1C1C[C@H]2CCC[C@@H](C1)N2C1C[C@H]2CCC[C@@H](C1)C2. The van der Waals surface area contributed by atoms with E-state index in [2.05, 4.69) is 38.6 Å². The van der Waals surface area contributed by atoms with Crippen LogP contribution in [-0.4, -0.2) is 56.7 Å². The fourth-order valence-corrected chi connectivity index (χ4v) is 9.35. The standard InChI is InChI=1S/C33H48N4O2/c1-33(2,3)39-31(38)30-15-8-16-35(30)32-34-28-13-4-5-14-29(28)37(32)27-20-24-11-7-12-25(21-27)36(24)26-18-22-9-6-10-23(17-22)19-26/h4-5,13-14,22-27,30H,6-12,15-21H2,1-3H3/t22-,23+,24-,25+,26?,27?,30-/m0/s1. The molecule has 0 radical (unpaired) electrons. The highest BCUT2D eigenvalue weighted by atomic mass is 16.6. The van der Waals surface area contributed by atoms with E-state index in [-0.39, 0.29) is 12.0 Å². The number of fused-ring (bicyclic) bond motifs is 5. The Bertz CT molecular complexity index is 1170. The molecule has 212 valence electrons. The molecule has 5 fully saturated rings. The van der Waals surface area contributed by atoms with Gasteiger partial charge in [0.2, 0.25) is 5.95 Å². The van der Waals surface area contributed by atoms with Gasteiger partial charge in [-0.25, -0.2) is 9.78 Å². The summed E-state index contributed by atoms with van der Waals surface area (Å²) in [5.41, 5.74) is 1.80. The number of nitrogens with zero attached hydrogens (tertiary/aromatic N) is 4. The first-order chi connectivity index (χ1) is 18.8. The van der Waals surface area contributed by atoms with Crippen molar-refractivity contribution in [1.29, 1.82) is 0 Å². The summed E-state index contributed by atoms with van der Waals surface area (Å²) in [5.74, 6) is 2.84. The molecule has 0 spiro atoms. The number of esters is 1. The second kappa shape index (κ2) is 10.1. The lowest BCUT2D eigenvalue weighted by Gasteiger charge is -2.55. The topological polar surface area (TPSA) is 50.6 Å². The predicted molar refractivity (Wildman–Crippen MR) is 156 cm³/mol. The predicted octanol–water partition coefficient (Wildman–Crippen LogP) is 6.87. The molecule has 6 heteroatoms. The van der Waals surface area contributed by atoms with Gasteiger partial charge in [0.05, 0.1) is 11.0 Å². The lowest BCUT2D eigenvalue weighted by Crippen LogP contribution is -2.58. The minimum absolute atomic E-state index is 0.104. The van der Waals surface area contributed by atoms with E-state index in [0.29, 0.717) is 18.1 Å². The maximum Gasteiger partial charge on any atom is 0.329 e. The summed E-state index contributed by atoms with van der Waals surface area (Å²) in [6.45, 7) is 6.76. The molecule has 2 unspecified atom stereocenters. The zero-order chi connectivity index (χ0) is 26.7. The lowest BCUT2D eigenvalue weighted by atomic mass is 9.68. The van der Waals surface area contributed by atoms with Crippen LogP contribution >= 0.6 is 0 Å². The Morgan fingerprint density at radius 2 is 1.51 bits per heavy atom. The van der Waals surface area contributed by atoms with Gasteiger partial charge in [0, 0.05) is 30.7 Å². The molecular formula is C33H48N4O2. The van der Waals surface area contributed by atoms with Crippen molar-refractivity contribution in [2.75, 3.05) is 11.4 Å². The molecule has 3 saturated heterocycles. The normalized spacial score (nSPS) is 35.4. The van der Waals surface area contributed by atoms with E-state index in [9.17, 15) is 4.79 Å². The average molecular weight is 533 g/mol. The van der Waals surface area contributed by atoms with E-state index < -0.39 is 5.60 Å². The number of hydrogen-bond donors (Lipinski definition) is 0. The third-order valence-corrected chi connectivity index (χ3v) is 10.7. The highest BCUT2D eigenvalue weighted by Gasteiger charge is 2.46. The summed E-state index contributed by atoms with van der Waals surface area (Å²) in [6, 6.07) is 11.0. The van der Waals surface area contributed by atoms with Crippen molar-refractivity contribution in [3.63, 3.8) is 0 Å². The lowest BCUT2D eigenvalue weighted by molar-refractivity contribution is -0.156. The number of anilines is 1. The first-order valence-electron chi connectivity index (χ1n) is 16.1. The highest BCUT2D eigenvalue weighted by Crippen LogP contribution is 2.48. The minimum atomic E-state index is -0.479.